The highest BCUT2D eigenvalue weighted by atomic mass is 35.5. The molecule has 2 heterocycles. The van der Waals surface area contributed by atoms with Gasteiger partial charge in [-0.2, -0.15) is 5.26 Å². The molecule has 38 heavy (non-hydrogen) atoms. The number of halogens is 1. The second-order valence-electron chi connectivity index (χ2n) is 8.63. The number of carbonyl (C=O) groups is 1. The summed E-state index contributed by atoms with van der Waals surface area (Å²) < 4.78 is 11.9. The summed E-state index contributed by atoms with van der Waals surface area (Å²) in [5.41, 5.74) is 9.87. The molecule has 0 fully saturated rings. The quantitative estimate of drug-likeness (QED) is 0.354. The van der Waals surface area contributed by atoms with E-state index in [2.05, 4.69) is 16.3 Å². The minimum Gasteiger partial charge on any atom is -0.493 e. The summed E-state index contributed by atoms with van der Waals surface area (Å²) >= 11 is 9.17. The van der Waals surface area contributed by atoms with Crippen molar-refractivity contribution < 1.29 is 14.3 Å². The molecule has 1 atom stereocenters. The van der Waals surface area contributed by atoms with Crippen molar-refractivity contribution in [3.63, 3.8) is 0 Å². The highest BCUT2D eigenvalue weighted by molar-refractivity contribution is 8.00. The molecule has 0 spiro atoms. The van der Waals surface area contributed by atoms with Gasteiger partial charge in [-0.1, -0.05) is 65.0 Å². The number of methoxy groups -OCH3 is 2. The fourth-order valence-corrected chi connectivity index (χ4v) is 7.03. The first-order valence-corrected chi connectivity index (χ1v) is 14.0. The van der Waals surface area contributed by atoms with Gasteiger partial charge in [0.1, 0.15) is 5.82 Å². The van der Waals surface area contributed by atoms with Gasteiger partial charge in [0.05, 0.1) is 31.8 Å². The smallest absolute Gasteiger partial charge is 0.219 e. The Labute approximate surface area is 233 Å². The Hall–Kier alpha value is -3.52. The Kier molecular flexibility index (Phi) is 7.61. The molecule has 11 heteroatoms. The van der Waals surface area contributed by atoms with Gasteiger partial charge in [0.2, 0.25) is 5.13 Å². The largest absolute Gasteiger partial charge is 0.493 e. The van der Waals surface area contributed by atoms with Gasteiger partial charge >= 0.3 is 0 Å². The van der Waals surface area contributed by atoms with E-state index in [1.54, 1.807) is 18.1 Å². The Morgan fingerprint density at radius 3 is 2.74 bits per heavy atom. The lowest BCUT2D eigenvalue weighted by Crippen LogP contribution is -2.38. The number of aromatic nitrogens is 2. The third kappa shape index (κ3) is 4.62. The average Bonchev–Trinajstić information content (AvgIpc) is 3.40. The predicted molar refractivity (Wildman–Crippen MR) is 148 cm³/mol. The van der Waals surface area contributed by atoms with Gasteiger partial charge in [-0.25, -0.2) is 0 Å². The number of carbonyl (C=O) groups excluding carboxylic acids is 1. The molecule has 194 valence electrons. The number of para-hydroxylation sites is 1. The number of nitrogens with zero attached hydrogens (tertiary/aromatic N) is 4. The summed E-state index contributed by atoms with van der Waals surface area (Å²) in [6.45, 7) is 0. The van der Waals surface area contributed by atoms with E-state index in [4.69, 9.17) is 26.8 Å². The zero-order chi connectivity index (χ0) is 26.8. The molecule has 2 aromatic carbocycles. The number of ketones is 1. The van der Waals surface area contributed by atoms with Gasteiger partial charge < -0.3 is 15.2 Å². The van der Waals surface area contributed by atoms with Crippen LogP contribution in [0.5, 0.6) is 11.5 Å². The molecule has 1 aromatic heterocycles. The predicted octanol–water partition coefficient (Wildman–Crippen LogP) is 5.81. The van der Waals surface area contributed by atoms with E-state index in [1.165, 1.54) is 30.2 Å². The first kappa shape index (κ1) is 26.1. The lowest BCUT2D eigenvalue weighted by molar-refractivity contribution is -0.116. The average molecular weight is 566 g/mol. The van der Waals surface area contributed by atoms with Crippen LogP contribution in [-0.2, 0) is 10.5 Å². The van der Waals surface area contributed by atoms with E-state index in [0.717, 1.165) is 15.6 Å². The molecule has 5 rings (SSSR count). The van der Waals surface area contributed by atoms with Crippen LogP contribution >= 0.6 is 34.7 Å². The zero-order valence-corrected chi connectivity index (χ0v) is 23.1. The van der Waals surface area contributed by atoms with Crippen molar-refractivity contribution in [2.75, 3.05) is 19.1 Å². The minimum absolute atomic E-state index is 0.0239. The summed E-state index contributed by atoms with van der Waals surface area (Å²) in [7, 11) is 3.09. The van der Waals surface area contributed by atoms with Gasteiger partial charge in [-0.15, -0.1) is 10.2 Å². The molecule has 1 aliphatic carbocycles. The maximum atomic E-state index is 13.4. The summed E-state index contributed by atoms with van der Waals surface area (Å²) in [4.78, 5) is 15.2. The van der Waals surface area contributed by atoms with Crippen molar-refractivity contribution in [3.8, 4) is 17.6 Å². The van der Waals surface area contributed by atoms with Crippen LogP contribution < -0.4 is 20.1 Å². The van der Waals surface area contributed by atoms with Gasteiger partial charge in [0.25, 0.3) is 0 Å². The minimum atomic E-state index is -0.675. The molecule has 8 nitrogen and oxygen atoms in total. The third-order valence-corrected chi connectivity index (χ3v) is 9.01. The number of hydrogen-bond acceptors (Lipinski definition) is 10. The van der Waals surface area contributed by atoms with E-state index in [0.29, 0.717) is 57.8 Å². The number of ether oxygens (including phenoxy) is 2. The Bertz CT molecular complexity index is 1510. The second kappa shape index (κ2) is 11.1. The maximum absolute atomic E-state index is 13.4. The number of anilines is 1. The molecule has 0 unspecified atom stereocenters. The van der Waals surface area contributed by atoms with Crippen LogP contribution in [-0.4, -0.2) is 30.2 Å². The van der Waals surface area contributed by atoms with Crippen LogP contribution in [0, 0.1) is 11.3 Å². The highest BCUT2D eigenvalue weighted by Crippen LogP contribution is 2.50. The van der Waals surface area contributed by atoms with E-state index in [-0.39, 0.29) is 17.2 Å². The van der Waals surface area contributed by atoms with E-state index in [9.17, 15) is 10.1 Å². The number of nitrogens with two attached hydrogens (primary N) is 1. The van der Waals surface area contributed by atoms with Gasteiger partial charge in [-0.3, -0.25) is 9.69 Å². The number of rotatable bonds is 7. The van der Waals surface area contributed by atoms with Crippen molar-refractivity contribution in [1.29, 1.82) is 5.26 Å². The van der Waals surface area contributed by atoms with E-state index in [1.807, 2.05) is 36.4 Å². The summed E-state index contributed by atoms with van der Waals surface area (Å²) in [6, 6.07) is 15.4. The molecule has 2 N–H and O–H groups in total. The van der Waals surface area contributed by atoms with Crippen LogP contribution in [0.2, 0.25) is 5.02 Å². The standard InChI is InChI=1S/C27H24ClN5O3S2/c1-35-21-12-5-8-16(24(21)36-2)22-17(13-29)25(30)33(19-10-6-11-20(34)23(19)22)26-31-32-27(38-26)37-14-15-7-3-4-9-18(15)28/h3-5,7-9,12,22H,6,10-11,14,30H2,1-2H3/t22-/m1/s1. The maximum Gasteiger partial charge on any atom is 0.219 e. The third-order valence-electron chi connectivity index (χ3n) is 6.55. The first-order valence-electron chi connectivity index (χ1n) is 11.8. The van der Waals surface area contributed by atoms with Gasteiger partial charge in [0, 0.05) is 34.0 Å². The van der Waals surface area contributed by atoms with Gasteiger partial charge in [0.15, 0.2) is 21.6 Å². The molecule has 0 radical (unpaired) electrons. The summed E-state index contributed by atoms with van der Waals surface area (Å²) in [5, 5.41) is 20.2. The number of allylic oxidation sites excluding steroid dienone is 3. The molecular weight excluding hydrogens is 542 g/mol. The second-order valence-corrected chi connectivity index (χ2v) is 11.2. The summed E-state index contributed by atoms with van der Waals surface area (Å²) in [5.74, 6) is 1.14. The topological polar surface area (TPSA) is 114 Å². The van der Waals surface area contributed by atoms with Gasteiger partial charge in [-0.05, 0) is 30.5 Å². The molecule has 0 saturated carbocycles. The van der Waals surface area contributed by atoms with Crippen LogP contribution in [0.25, 0.3) is 0 Å². The van der Waals surface area contributed by atoms with Crippen LogP contribution in [0.3, 0.4) is 0 Å². The number of thioether (sulfide) groups is 1. The molecule has 0 bridgehead atoms. The lowest BCUT2D eigenvalue weighted by atomic mass is 9.75. The molecule has 2 aliphatic rings. The Balaban J connectivity index is 1.57. The zero-order valence-electron chi connectivity index (χ0n) is 20.7. The summed E-state index contributed by atoms with van der Waals surface area (Å²) in [6.07, 6.45) is 1.69. The number of benzene rings is 2. The fraction of sp³-hybridized carbons (Fsp3) is 0.259. The van der Waals surface area contributed by atoms with Crippen molar-refractivity contribution in [2.24, 2.45) is 5.73 Å². The van der Waals surface area contributed by atoms with Crippen LogP contribution in [0.1, 0.15) is 36.3 Å². The highest BCUT2D eigenvalue weighted by Gasteiger charge is 2.42. The van der Waals surface area contributed by atoms with E-state index < -0.39 is 5.92 Å². The van der Waals surface area contributed by atoms with Crippen molar-refractivity contribution >= 4 is 45.6 Å². The number of Topliss-reactive ketones (excluding diaryl/α,β-unsaturated/α-hetero) is 1. The van der Waals surface area contributed by atoms with Crippen LogP contribution in [0.15, 0.2) is 69.5 Å². The monoisotopic (exact) mass is 565 g/mol. The first-order chi connectivity index (χ1) is 18.5. The normalized spacial score (nSPS) is 17.4. The number of nitriles is 1. The Morgan fingerprint density at radius 1 is 1.18 bits per heavy atom. The van der Waals surface area contributed by atoms with Crippen molar-refractivity contribution in [1.82, 2.24) is 10.2 Å². The molecular formula is C27H24ClN5O3S2. The SMILES string of the molecule is COc1cccc([C@@H]2C(C#N)=C(N)N(c3nnc(SCc4ccccc4Cl)s3)C3=C2C(=O)CCC3)c1OC. The molecule has 0 saturated heterocycles. The van der Waals surface area contributed by atoms with Crippen LogP contribution in [0.4, 0.5) is 5.13 Å². The Morgan fingerprint density at radius 2 is 2.00 bits per heavy atom. The van der Waals surface area contributed by atoms with E-state index >= 15 is 0 Å². The van der Waals surface area contributed by atoms with Crippen molar-refractivity contribution in [3.05, 3.63) is 81.3 Å². The van der Waals surface area contributed by atoms with Crippen molar-refractivity contribution in [2.45, 2.75) is 35.3 Å². The fourth-order valence-electron chi connectivity index (χ4n) is 4.86. The molecule has 0 amide bonds. The lowest BCUT2D eigenvalue weighted by Gasteiger charge is -2.38. The molecule has 3 aromatic rings. The molecule has 1 aliphatic heterocycles. The number of hydrogen-bond donors (Lipinski definition) is 1.